The number of halogens is 1. The number of methoxy groups -OCH3 is 2. The third-order valence-corrected chi connectivity index (χ3v) is 3.88. The van der Waals surface area contributed by atoms with E-state index in [4.69, 9.17) is 16.3 Å². The minimum atomic E-state index is -0.608. The summed E-state index contributed by atoms with van der Waals surface area (Å²) in [4.78, 5) is 23.4. The van der Waals surface area contributed by atoms with Gasteiger partial charge in [0.15, 0.2) is 0 Å². The van der Waals surface area contributed by atoms with Crippen LogP contribution in [-0.4, -0.2) is 36.4 Å². The second-order valence-corrected chi connectivity index (χ2v) is 5.14. The normalized spacial score (nSPS) is 12.1. The second kappa shape index (κ2) is 7.26. The van der Waals surface area contributed by atoms with E-state index in [0.29, 0.717) is 12.3 Å². The maximum absolute atomic E-state index is 11.9. The van der Waals surface area contributed by atoms with E-state index in [-0.39, 0.29) is 6.42 Å². The number of rotatable bonds is 6. The van der Waals surface area contributed by atoms with Gasteiger partial charge < -0.3 is 9.47 Å². The van der Waals surface area contributed by atoms with Crippen molar-refractivity contribution in [1.82, 2.24) is 10.2 Å². The van der Waals surface area contributed by atoms with Crippen LogP contribution < -0.4 is 0 Å². The highest BCUT2D eigenvalue weighted by Crippen LogP contribution is 2.26. The Balaban J connectivity index is 2.32. The summed E-state index contributed by atoms with van der Waals surface area (Å²) in [6.45, 7) is 0. The summed E-state index contributed by atoms with van der Waals surface area (Å²) in [6.07, 6.45) is 2.02. The van der Waals surface area contributed by atoms with Crippen molar-refractivity contribution < 1.29 is 19.1 Å². The molecule has 1 aromatic heterocycles. The van der Waals surface area contributed by atoms with Crippen molar-refractivity contribution in [2.45, 2.75) is 18.7 Å². The van der Waals surface area contributed by atoms with E-state index in [1.165, 1.54) is 14.2 Å². The van der Waals surface area contributed by atoms with Crippen LogP contribution in [0.4, 0.5) is 0 Å². The Hall–Kier alpha value is -2.08. The number of aromatic amines is 1. The van der Waals surface area contributed by atoms with Crippen LogP contribution in [0.3, 0.4) is 0 Å². The molecular weight excluding hydrogens is 308 g/mol. The van der Waals surface area contributed by atoms with Gasteiger partial charge in [0.05, 0.1) is 38.3 Å². The topological polar surface area (TPSA) is 81.3 Å². The molecular formula is C15H17ClN2O4. The van der Waals surface area contributed by atoms with Crippen molar-refractivity contribution in [2.75, 3.05) is 14.2 Å². The summed E-state index contributed by atoms with van der Waals surface area (Å²) >= 11 is 6.05. The summed E-state index contributed by atoms with van der Waals surface area (Å²) < 4.78 is 9.42. The first-order chi connectivity index (χ1) is 10.6. The Morgan fingerprint density at radius 2 is 2.09 bits per heavy atom. The van der Waals surface area contributed by atoms with Crippen LogP contribution in [0.25, 0.3) is 10.9 Å². The van der Waals surface area contributed by atoms with Crippen LogP contribution in [0, 0.1) is 5.92 Å². The number of H-pyrrole nitrogens is 1. The first-order valence-electron chi connectivity index (χ1n) is 6.75. The summed E-state index contributed by atoms with van der Waals surface area (Å²) in [5.41, 5.74) is 2.66. The monoisotopic (exact) mass is 324 g/mol. The molecule has 7 heteroatoms. The first-order valence-corrected chi connectivity index (χ1v) is 7.28. The van der Waals surface area contributed by atoms with Crippen molar-refractivity contribution in [2.24, 2.45) is 5.92 Å². The van der Waals surface area contributed by atoms with Crippen LogP contribution in [-0.2, 0) is 31.4 Å². The Labute approximate surface area is 132 Å². The lowest BCUT2D eigenvalue weighted by Crippen LogP contribution is -2.23. The number of esters is 2. The van der Waals surface area contributed by atoms with E-state index in [9.17, 15) is 9.59 Å². The van der Waals surface area contributed by atoms with Crippen molar-refractivity contribution >= 4 is 34.4 Å². The number of ether oxygens (including phenoxy) is 2. The molecule has 0 aliphatic heterocycles. The molecule has 1 aromatic carbocycles. The van der Waals surface area contributed by atoms with Gasteiger partial charge in [0, 0.05) is 11.3 Å². The maximum Gasteiger partial charge on any atom is 0.309 e. The molecule has 1 unspecified atom stereocenters. The fourth-order valence-corrected chi connectivity index (χ4v) is 2.74. The van der Waals surface area contributed by atoms with Crippen molar-refractivity contribution in [1.29, 1.82) is 0 Å². The molecule has 0 aliphatic rings. The Morgan fingerprint density at radius 3 is 2.73 bits per heavy atom. The summed E-state index contributed by atoms with van der Waals surface area (Å²) in [5.74, 6) is -1.22. The number of nitrogens with zero attached hydrogens (tertiary/aromatic N) is 1. The minimum absolute atomic E-state index is 0.0334. The molecule has 0 fully saturated rings. The molecule has 1 atom stereocenters. The average Bonchev–Trinajstić information content (AvgIpc) is 3.01. The van der Waals surface area contributed by atoms with Gasteiger partial charge in [-0.2, -0.15) is 5.10 Å². The van der Waals surface area contributed by atoms with Crippen molar-refractivity contribution in [3.8, 4) is 0 Å². The summed E-state index contributed by atoms with van der Waals surface area (Å²) in [7, 11) is 2.59. The van der Waals surface area contributed by atoms with Gasteiger partial charge in [0.1, 0.15) is 0 Å². The van der Waals surface area contributed by atoms with Crippen molar-refractivity contribution in [3.63, 3.8) is 0 Å². The molecule has 2 rings (SSSR count). The maximum atomic E-state index is 11.9. The minimum Gasteiger partial charge on any atom is -0.469 e. The summed E-state index contributed by atoms with van der Waals surface area (Å²) in [6, 6.07) is 3.76. The molecule has 0 radical (unpaired) electrons. The lowest BCUT2D eigenvalue weighted by Gasteiger charge is -2.16. The van der Waals surface area contributed by atoms with Gasteiger partial charge in [0.25, 0.3) is 0 Å². The number of hydrogen-bond donors (Lipinski definition) is 1. The molecule has 22 heavy (non-hydrogen) atoms. The Morgan fingerprint density at radius 1 is 1.32 bits per heavy atom. The zero-order chi connectivity index (χ0) is 16.1. The van der Waals surface area contributed by atoms with E-state index in [2.05, 4.69) is 14.9 Å². The van der Waals surface area contributed by atoms with Crippen LogP contribution in [0.1, 0.15) is 17.5 Å². The second-order valence-electron chi connectivity index (χ2n) is 4.87. The average molecular weight is 325 g/mol. The van der Waals surface area contributed by atoms with Gasteiger partial charge in [-0.05, 0) is 23.6 Å². The predicted octanol–water partition coefficient (Wildman–Crippen LogP) is 2.20. The third-order valence-electron chi connectivity index (χ3n) is 3.61. The number of hydrogen-bond acceptors (Lipinski definition) is 5. The molecule has 6 nitrogen and oxygen atoms in total. The first kappa shape index (κ1) is 16.3. The van der Waals surface area contributed by atoms with Crippen LogP contribution >= 0.6 is 11.6 Å². The molecule has 1 N–H and O–H groups in total. The predicted molar refractivity (Wildman–Crippen MR) is 81.5 cm³/mol. The number of aromatic nitrogens is 2. The van der Waals surface area contributed by atoms with Gasteiger partial charge >= 0.3 is 11.9 Å². The number of benzene rings is 1. The van der Waals surface area contributed by atoms with Gasteiger partial charge in [-0.25, -0.2) is 0 Å². The number of carbonyl (C=O) groups is 2. The van der Waals surface area contributed by atoms with E-state index in [1.807, 2.05) is 12.1 Å². The highest BCUT2D eigenvalue weighted by molar-refractivity contribution is 6.18. The Bertz CT molecular complexity index is 683. The Kier molecular flexibility index (Phi) is 5.38. The van der Waals surface area contributed by atoms with E-state index in [0.717, 1.165) is 22.0 Å². The molecule has 2 aromatic rings. The molecule has 0 spiro atoms. The zero-order valence-corrected chi connectivity index (χ0v) is 13.1. The summed E-state index contributed by atoms with van der Waals surface area (Å²) in [5, 5.41) is 7.78. The molecule has 0 saturated heterocycles. The van der Waals surface area contributed by atoms with Crippen molar-refractivity contribution in [3.05, 3.63) is 29.5 Å². The van der Waals surface area contributed by atoms with Gasteiger partial charge in [-0.15, -0.1) is 11.6 Å². The molecule has 1 heterocycles. The molecule has 118 valence electrons. The van der Waals surface area contributed by atoms with E-state index < -0.39 is 17.9 Å². The van der Waals surface area contributed by atoms with Crippen LogP contribution in [0.5, 0.6) is 0 Å². The number of carbonyl (C=O) groups excluding carboxylic acids is 2. The zero-order valence-electron chi connectivity index (χ0n) is 12.4. The van der Waals surface area contributed by atoms with Gasteiger partial charge in [-0.3, -0.25) is 14.7 Å². The number of alkyl halides is 1. The third kappa shape index (κ3) is 3.39. The molecule has 0 saturated carbocycles. The number of fused-ring (bicyclic) bond motifs is 1. The highest BCUT2D eigenvalue weighted by atomic mass is 35.5. The molecule has 0 aliphatic carbocycles. The molecule has 0 bridgehead atoms. The fourth-order valence-electron chi connectivity index (χ4n) is 2.43. The van der Waals surface area contributed by atoms with Crippen LogP contribution in [0.15, 0.2) is 18.3 Å². The molecule has 0 amide bonds. The van der Waals surface area contributed by atoms with E-state index in [1.54, 1.807) is 6.20 Å². The quantitative estimate of drug-likeness (QED) is 0.650. The fraction of sp³-hybridized carbons (Fsp3) is 0.400. The highest BCUT2D eigenvalue weighted by Gasteiger charge is 2.25. The van der Waals surface area contributed by atoms with E-state index >= 15 is 0 Å². The van der Waals surface area contributed by atoms with Gasteiger partial charge in [-0.1, -0.05) is 6.07 Å². The largest absolute Gasteiger partial charge is 0.469 e. The standard InChI is InChI=1S/C15H17ClN2O4/c1-21-14(19)6-10(15(20)22-2)5-9-3-4-13-12(8-17-18-13)11(9)7-16/h3-4,8,10H,5-7H2,1-2H3,(H,17,18). The SMILES string of the molecule is COC(=O)CC(Cc1ccc2[nH]ncc2c1CCl)C(=O)OC. The lowest BCUT2D eigenvalue weighted by molar-refractivity contribution is -0.151. The van der Waals surface area contributed by atoms with Gasteiger partial charge in [0.2, 0.25) is 0 Å². The number of nitrogens with one attached hydrogen (secondary N) is 1. The lowest BCUT2D eigenvalue weighted by atomic mass is 9.92. The van der Waals surface area contributed by atoms with Crippen LogP contribution in [0.2, 0.25) is 0 Å². The smallest absolute Gasteiger partial charge is 0.309 e.